The zero-order valence-electron chi connectivity index (χ0n) is 14.7. The fraction of sp³-hybridized carbons (Fsp3) is 0.278. The van der Waals surface area contributed by atoms with Crippen LogP contribution in [0.3, 0.4) is 0 Å². The van der Waals surface area contributed by atoms with Crippen LogP contribution in [0.4, 0.5) is 8.78 Å². The van der Waals surface area contributed by atoms with Gasteiger partial charge in [-0.1, -0.05) is 17.4 Å². The Morgan fingerprint density at radius 1 is 1.38 bits per heavy atom. The van der Waals surface area contributed by atoms with E-state index < -0.39 is 17.5 Å². The third-order valence-electron chi connectivity index (χ3n) is 3.77. The Labute approximate surface area is 152 Å². The van der Waals surface area contributed by atoms with E-state index in [1.165, 1.54) is 10.6 Å². The van der Waals surface area contributed by atoms with Gasteiger partial charge in [-0.2, -0.15) is 10.1 Å². The molecule has 0 atom stereocenters. The van der Waals surface area contributed by atoms with Crippen LogP contribution in [0.15, 0.2) is 35.8 Å². The van der Waals surface area contributed by atoms with Gasteiger partial charge in [0.2, 0.25) is 0 Å². The summed E-state index contributed by atoms with van der Waals surface area (Å²) >= 11 is 1.05. The van der Waals surface area contributed by atoms with Crippen molar-refractivity contribution in [3.63, 3.8) is 0 Å². The second kappa shape index (κ2) is 6.95. The first kappa shape index (κ1) is 18.2. The van der Waals surface area contributed by atoms with Gasteiger partial charge in [0, 0.05) is 18.7 Å². The maximum absolute atomic E-state index is 14.2. The SMILES string of the molecule is C=CCn1c(=NC(=O)c2cc(C)nn2C(C)C)sc2cc(F)cc(F)c21. The van der Waals surface area contributed by atoms with Gasteiger partial charge in [0.25, 0.3) is 5.91 Å². The van der Waals surface area contributed by atoms with Crippen molar-refractivity contribution in [2.75, 3.05) is 0 Å². The first-order valence-corrected chi connectivity index (χ1v) is 8.88. The molecule has 0 radical (unpaired) electrons. The third kappa shape index (κ3) is 3.24. The number of carbonyl (C=O) groups excluding carboxylic acids is 1. The zero-order valence-corrected chi connectivity index (χ0v) is 15.5. The lowest BCUT2D eigenvalue weighted by Gasteiger charge is -2.08. The minimum Gasteiger partial charge on any atom is -0.310 e. The molecule has 3 rings (SSSR count). The number of rotatable bonds is 4. The summed E-state index contributed by atoms with van der Waals surface area (Å²) < 4.78 is 31.3. The molecule has 0 fully saturated rings. The molecule has 0 saturated carbocycles. The van der Waals surface area contributed by atoms with Gasteiger partial charge in [-0.25, -0.2) is 8.78 Å². The van der Waals surface area contributed by atoms with E-state index in [-0.39, 0.29) is 22.9 Å². The van der Waals surface area contributed by atoms with Gasteiger partial charge in [0.05, 0.1) is 15.9 Å². The number of fused-ring (bicyclic) bond motifs is 1. The molecule has 1 aromatic carbocycles. The number of aromatic nitrogens is 3. The zero-order chi connectivity index (χ0) is 19.0. The lowest BCUT2D eigenvalue weighted by molar-refractivity contribution is 0.0986. The van der Waals surface area contributed by atoms with Gasteiger partial charge in [-0.05, 0) is 32.9 Å². The van der Waals surface area contributed by atoms with Crippen molar-refractivity contribution in [1.29, 1.82) is 0 Å². The molecule has 5 nitrogen and oxygen atoms in total. The summed E-state index contributed by atoms with van der Waals surface area (Å²) in [6.45, 7) is 9.53. The highest BCUT2D eigenvalue weighted by atomic mass is 32.1. The van der Waals surface area contributed by atoms with Crippen LogP contribution in [-0.4, -0.2) is 20.3 Å². The van der Waals surface area contributed by atoms with Crippen LogP contribution >= 0.6 is 11.3 Å². The highest BCUT2D eigenvalue weighted by Gasteiger charge is 2.17. The van der Waals surface area contributed by atoms with Crippen LogP contribution in [0.1, 0.15) is 36.1 Å². The van der Waals surface area contributed by atoms with Crippen LogP contribution in [0, 0.1) is 18.6 Å². The Morgan fingerprint density at radius 3 is 2.77 bits per heavy atom. The number of benzene rings is 1. The van der Waals surface area contributed by atoms with Crippen LogP contribution in [0.2, 0.25) is 0 Å². The number of nitrogens with zero attached hydrogens (tertiary/aromatic N) is 4. The molecule has 0 aliphatic heterocycles. The van der Waals surface area contributed by atoms with E-state index in [1.54, 1.807) is 23.7 Å². The third-order valence-corrected chi connectivity index (χ3v) is 4.80. The van der Waals surface area contributed by atoms with E-state index in [1.807, 2.05) is 13.8 Å². The molecule has 0 unspecified atom stereocenters. The number of aryl methyl sites for hydroxylation is 1. The molecule has 0 bridgehead atoms. The number of hydrogen-bond acceptors (Lipinski definition) is 3. The van der Waals surface area contributed by atoms with Crippen LogP contribution in [-0.2, 0) is 6.54 Å². The summed E-state index contributed by atoms with van der Waals surface area (Å²) in [5.41, 5.74) is 1.27. The first-order chi connectivity index (χ1) is 12.3. The molecule has 2 aromatic heterocycles. The molecule has 0 aliphatic rings. The fourth-order valence-corrected chi connectivity index (χ4v) is 3.80. The van der Waals surface area contributed by atoms with Crippen molar-refractivity contribution in [2.24, 2.45) is 4.99 Å². The molecule has 0 aliphatic carbocycles. The fourth-order valence-electron chi connectivity index (χ4n) is 2.73. The van der Waals surface area contributed by atoms with Crippen molar-refractivity contribution in [3.05, 3.63) is 58.7 Å². The van der Waals surface area contributed by atoms with E-state index in [0.29, 0.717) is 16.1 Å². The van der Waals surface area contributed by atoms with E-state index in [4.69, 9.17) is 0 Å². The summed E-state index contributed by atoms with van der Waals surface area (Å²) in [6.07, 6.45) is 1.57. The lowest BCUT2D eigenvalue weighted by Crippen LogP contribution is -2.18. The van der Waals surface area contributed by atoms with E-state index >= 15 is 0 Å². The number of allylic oxidation sites excluding steroid dienone is 1. The summed E-state index contributed by atoms with van der Waals surface area (Å²) in [5.74, 6) is -1.85. The topological polar surface area (TPSA) is 52.2 Å². The monoisotopic (exact) mass is 376 g/mol. The molecule has 1 amide bonds. The summed E-state index contributed by atoms with van der Waals surface area (Å²) in [6, 6.07) is 3.70. The van der Waals surface area contributed by atoms with Crippen LogP contribution < -0.4 is 4.80 Å². The summed E-state index contributed by atoms with van der Waals surface area (Å²) in [5, 5.41) is 4.31. The summed E-state index contributed by atoms with van der Waals surface area (Å²) in [7, 11) is 0. The smallest absolute Gasteiger partial charge is 0.297 e. The lowest BCUT2D eigenvalue weighted by atomic mass is 10.3. The van der Waals surface area contributed by atoms with E-state index in [9.17, 15) is 13.6 Å². The molecule has 3 aromatic rings. The number of hydrogen-bond donors (Lipinski definition) is 0. The van der Waals surface area contributed by atoms with Crippen LogP contribution in [0.5, 0.6) is 0 Å². The first-order valence-electron chi connectivity index (χ1n) is 8.06. The van der Waals surface area contributed by atoms with Crippen molar-refractivity contribution in [2.45, 2.75) is 33.4 Å². The van der Waals surface area contributed by atoms with Crippen LogP contribution in [0.25, 0.3) is 10.2 Å². The minimum absolute atomic E-state index is 0.00732. The quantitative estimate of drug-likeness (QED) is 0.647. The molecule has 0 saturated heterocycles. The number of amides is 1. The molecular formula is C18H18F2N4OS. The van der Waals surface area contributed by atoms with E-state index in [0.717, 1.165) is 17.4 Å². The van der Waals surface area contributed by atoms with Gasteiger partial charge < -0.3 is 4.57 Å². The number of carbonyl (C=O) groups is 1. The Hall–Kier alpha value is -2.61. The molecule has 0 spiro atoms. The maximum Gasteiger partial charge on any atom is 0.297 e. The second-order valence-electron chi connectivity index (χ2n) is 6.14. The highest BCUT2D eigenvalue weighted by molar-refractivity contribution is 7.16. The van der Waals surface area contributed by atoms with Crippen molar-refractivity contribution < 1.29 is 13.6 Å². The molecule has 136 valence electrons. The predicted octanol–water partition coefficient (Wildman–Crippen LogP) is 3.99. The van der Waals surface area contributed by atoms with Gasteiger partial charge in [0.1, 0.15) is 11.5 Å². The normalized spacial score (nSPS) is 12.3. The number of thiazole rings is 1. The molecular weight excluding hydrogens is 358 g/mol. The molecule has 26 heavy (non-hydrogen) atoms. The minimum atomic E-state index is -0.699. The number of halogens is 2. The Morgan fingerprint density at radius 2 is 2.12 bits per heavy atom. The Balaban J connectivity index is 2.21. The summed E-state index contributed by atoms with van der Waals surface area (Å²) in [4.78, 5) is 17.1. The van der Waals surface area contributed by atoms with Crippen molar-refractivity contribution in [1.82, 2.24) is 14.3 Å². The average Bonchev–Trinajstić information content (AvgIpc) is 3.09. The van der Waals surface area contributed by atoms with Gasteiger partial charge in [-0.15, -0.1) is 6.58 Å². The maximum atomic E-state index is 14.2. The standard InChI is InChI=1S/C18H18F2N4OS/c1-5-6-23-16-13(20)8-12(19)9-15(16)26-18(23)21-17(25)14-7-11(4)22-24(14)10(2)3/h5,7-10H,1,6H2,2-4H3. The van der Waals surface area contributed by atoms with Crippen molar-refractivity contribution in [3.8, 4) is 0 Å². The predicted molar refractivity (Wildman–Crippen MR) is 97.2 cm³/mol. The van der Waals surface area contributed by atoms with Gasteiger partial charge in [0.15, 0.2) is 10.6 Å². The molecule has 8 heteroatoms. The Bertz CT molecular complexity index is 1070. The highest BCUT2D eigenvalue weighted by Crippen LogP contribution is 2.22. The van der Waals surface area contributed by atoms with Crippen molar-refractivity contribution >= 4 is 27.5 Å². The molecule has 0 N–H and O–H groups in total. The van der Waals surface area contributed by atoms with Gasteiger partial charge in [-0.3, -0.25) is 9.48 Å². The average molecular weight is 376 g/mol. The van der Waals surface area contributed by atoms with E-state index in [2.05, 4.69) is 16.7 Å². The molecule has 2 heterocycles. The Kier molecular flexibility index (Phi) is 4.86. The second-order valence-corrected chi connectivity index (χ2v) is 7.15. The van der Waals surface area contributed by atoms with Gasteiger partial charge >= 0.3 is 0 Å². The largest absolute Gasteiger partial charge is 0.310 e.